The summed E-state index contributed by atoms with van der Waals surface area (Å²) in [7, 11) is 0. The predicted molar refractivity (Wildman–Crippen MR) is 66.9 cm³/mol. The average molecular weight is 233 g/mol. The van der Waals surface area contributed by atoms with Gasteiger partial charge >= 0.3 is 5.97 Å². The topological polar surface area (TPSA) is 63.3 Å². The van der Waals surface area contributed by atoms with E-state index in [1.807, 2.05) is 12.1 Å². The maximum atomic E-state index is 11.2. The molecule has 1 fully saturated rings. The highest BCUT2D eigenvalue weighted by Gasteiger charge is 2.24. The van der Waals surface area contributed by atoms with Gasteiger partial charge in [0.25, 0.3) is 0 Å². The fourth-order valence-corrected chi connectivity index (χ4v) is 2.73. The summed E-state index contributed by atoms with van der Waals surface area (Å²) in [6.07, 6.45) is 5.95. The zero-order chi connectivity index (χ0) is 12.3. The van der Waals surface area contributed by atoms with E-state index in [2.05, 4.69) is 0 Å². The standard InChI is InChI=1S/C14H19NO2/c15-13(10-6-2-1-3-7-10)11-8-4-5-9-12(11)14(16)17/h4-5,8-10,13H,1-3,6-7,15H2,(H,16,17)/t13-/m1/s1. The first-order valence-electron chi connectivity index (χ1n) is 6.28. The molecule has 1 aromatic carbocycles. The summed E-state index contributed by atoms with van der Waals surface area (Å²) in [6, 6.07) is 6.97. The molecule has 3 heteroatoms. The molecule has 1 saturated carbocycles. The molecule has 1 atom stereocenters. The zero-order valence-electron chi connectivity index (χ0n) is 9.93. The summed E-state index contributed by atoms with van der Waals surface area (Å²) in [6.45, 7) is 0. The van der Waals surface area contributed by atoms with Gasteiger partial charge < -0.3 is 10.8 Å². The van der Waals surface area contributed by atoms with Crippen molar-refractivity contribution < 1.29 is 9.90 Å². The Morgan fingerprint density at radius 2 is 1.88 bits per heavy atom. The number of hydrogen-bond donors (Lipinski definition) is 2. The minimum Gasteiger partial charge on any atom is -0.478 e. The van der Waals surface area contributed by atoms with Crippen LogP contribution in [0.4, 0.5) is 0 Å². The van der Waals surface area contributed by atoms with E-state index in [1.165, 1.54) is 19.3 Å². The smallest absolute Gasteiger partial charge is 0.336 e. The lowest BCUT2D eigenvalue weighted by molar-refractivity contribution is 0.0694. The van der Waals surface area contributed by atoms with Gasteiger partial charge in [-0.2, -0.15) is 0 Å². The Labute approximate surface area is 102 Å². The second-order valence-corrected chi connectivity index (χ2v) is 4.82. The van der Waals surface area contributed by atoms with E-state index in [4.69, 9.17) is 10.8 Å². The average Bonchev–Trinajstić information content (AvgIpc) is 2.39. The van der Waals surface area contributed by atoms with Gasteiger partial charge in [0.15, 0.2) is 0 Å². The number of carboxylic acid groups (broad SMARTS) is 1. The molecule has 1 aliphatic rings. The number of benzene rings is 1. The maximum absolute atomic E-state index is 11.2. The molecule has 17 heavy (non-hydrogen) atoms. The molecule has 0 amide bonds. The summed E-state index contributed by atoms with van der Waals surface area (Å²) in [4.78, 5) is 11.2. The maximum Gasteiger partial charge on any atom is 0.336 e. The largest absolute Gasteiger partial charge is 0.478 e. The van der Waals surface area contributed by atoms with Crippen molar-refractivity contribution in [1.82, 2.24) is 0 Å². The van der Waals surface area contributed by atoms with E-state index >= 15 is 0 Å². The normalized spacial score (nSPS) is 18.9. The lowest BCUT2D eigenvalue weighted by atomic mass is 9.80. The van der Waals surface area contributed by atoms with Crippen LogP contribution in [0.3, 0.4) is 0 Å². The highest BCUT2D eigenvalue weighted by molar-refractivity contribution is 5.89. The van der Waals surface area contributed by atoms with Crippen LogP contribution in [0.25, 0.3) is 0 Å². The molecular weight excluding hydrogens is 214 g/mol. The van der Waals surface area contributed by atoms with Crippen LogP contribution >= 0.6 is 0 Å². The van der Waals surface area contributed by atoms with Gasteiger partial charge in [-0.15, -0.1) is 0 Å². The van der Waals surface area contributed by atoms with Gasteiger partial charge in [0, 0.05) is 6.04 Å². The van der Waals surface area contributed by atoms with Crippen molar-refractivity contribution in [1.29, 1.82) is 0 Å². The Bertz CT molecular complexity index is 397. The predicted octanol–water partition coefficient (Wildman–Crippen LogP) is 2.96. The van der Waals surface area contributed by atoms with Gasteiger partial charge in [-0.1, -0.05) is 37.5 Å². The molecule has 3 N–H and O–H groups in total. The number of rotatable bonds is 3. The molecule has 0 aliphatic heterocycles. The van der Waals surface area contributed by atoms with Crippen LogP contribution in [0.1, 0.15) is 54.1 Å². The zero-order valence-corrected chi connectivity index (χ0v) is 9.93. The molecule has 0 radical (unpaired) electrons. The summed E-state index contributed by atoms with van der Waals surface area (Å²) in [5, 5.41) is 9.16. The van der Waals surface area contributed by atoms with Crippen molar-refractivity contribution in [2.24, 2.45) is 11.7 Å². The van der Waals surface area contributed by atoms with Crippen LogP contribution in [0.5, 0.6) is 0 Å². The third kappa shape index (κ3) is 2.67. The van der Waals surface area contributed by atoms with Crippen LogP contribution in [0.15, 0.2) is 24.3 Å². The van der Waals surface area contributed by atoms with Crippen molar-refractivity contribution >= 4 is 5.97 Å². The summed E-state index contributed by atoms with van der Waals surface area (Å²) < 4.78 is 0. The van der Waals surface area contributed by atoms with Gasteiger partial charge in [0.05, 0.1) is 5.56 Å². The Balaban J connectivity index is 2.23. The summed E-state index contributed by atoms with van der Waals surface area (Å²) in [5.74, 6) is -0.448. The van der Waals surface area contributed by atoms with Crippen molar-refractivity contribution in [2.45, 2.75) is 38.1 Å². The number of nitrogens with two attached hydrogens (primary N) is 1. The highest BCUT2D eigenvalue weighted by Crippen LogP contribution is 2.33. The van der Waals surface area contributed by atoms with E-state index in [0.29, 0.717) is 11.5 Å². The minimum absolute atomic E-state index is 0.136. The van der Waals surface area contributed by atoms with Gasteiger partial charge in [-0.05, 0) is 30.4 Å². The first-order valence-corrected chi connectivity index (χ1v) is 6.28. The Kier molecular flexibility index (Phi) is 3.79. The second-order valence-electron chi connectivity index (χ2n) is 4.82. The number of aromatic carboxylic acids is 1. The van der Waals surface area contributed by atoms with Crippen LogP contribution in [-0.2, 0) is 0 Å². The number of carbonyl (C=O) groups is 1. The number of hydrogen-bond acceptors (Lipinski definition) is 2. The van der Waals surface area contributed by atoms with Gasteiger partial charge in [-0.3, -0.25) is 0 Å². The van der Waals surface area contributed by atoms with E-state index < -0.39 is 5.97 Å². The molecule has 0 spiro atoms. The third-order valence-corrected chi connectivity index (χ3v) is 3.71. The van der Waals surface area contributed by atoms with E-state index in [9.17, 15) is 4.79 Å². The first kappa shape index (κ1) is 12.1. The summed E-state index contributed by atoms with van der Waals surface area (Å²) >= 11 is 0. The molecule has 1 aliphatic carbocycles. The molecule has 3 nitrogen and oxygen atoms in total. The molecule has 0 bridgehead atoms. The third-order valence-electron chi connectivity index (χ3n) is 3.71. The highest BCUT2D eigenvalue weighted by atomic mass is 16.4. The first-order chi connectivity index (χ1) is 8.20. The number of carboxylic acids is 1. The lowest BCUT2D eigenvalue weighted by Gasteiger charge is -2.28. The molecule has 0 unspecified atom stereocenters. The molecule has 92 valence electrons. The Hall–Kier alpha value is -1.35. The molecular formula is C14H19NO2. The molecule has 0 saturated heterocycles. The van der Waals surface area contributed by atoms with Crippen LogP contribution in [0, 0.1) is 5.92 Å². The molecule has 0 heterocycles. The van der Waals surface area contributed by atoms with Crippen molar-refractivity contribution in [3.63, 3.8) is 0 Å². The summed E-state index contributed by atoms with van der Waals surface area (Å²) in [5.41, 5.74) is 7.38. The monoisotopic (exact) mass is 233 g/mol. The fourth-order valence-electron chi connectivity index (χ4n) is 2.73. The van der Waals surface area contributed by atoms with Crippen molar-refractivity contribution in [2.75, 3.05) is 0 Å². The Morgan fingerprint density at radius 1 is 1.24 bits per heavy atom. The molecule has 1 aromatic rings. The SMILES string of the molecule is N[C@@H](c1ccccc1C(=O)O)C1CCCCC1. The minimum atomic E-state index is -0.883. The van der Waals surface area contributed by atoms with Crippen molar-refractivity contribution in [3.8, 4) is 0 Å². The Morgan fingerprint density at radius 3 is 2.53 bits per heavy atom. The van der Waals surface area contributed by atoms with Crippen LogP contribution in [-0.4, -0.2) is 11.1 Å². The van der Waals surface area contributed by atoms with E-state index in [0.717, 1.165) is 18.4 Å². The van der Waals surface area contributed by atoms with E-state index in [1.54, 1.807) is 12.1 Å². The van der Waals surface area contributed by atoms with Crippen LogP contribution < -0.4 is 5.73 Å². The fraction of sp³-hybridized carbons (Fsp3) is 0.500. The van der Waals surface area contributed by atoms with Gasteiger partial charge in [0.2, 0.25) is 0 Å². The quantitative estimate of drug-likeness (QED) is 0.843. The van der Waals surface area contributed by atoms with Gasteiger partial charge in [-0.25, -0.2) is 4.79 Å². The van der Waals surface area contributed by atoms with Crippen LogP contribution in [0.2, 0.25) is 0 Å². The van der Waals surface area contributed by atoms with Crippen molar-refractivity contribution in [3.05, 3.63) is 35.4 Å². The molecule has 2 rings (SSSR count). The van der Waals surface area contributed by atoms with Gasteiger partial charge in [0.1, 0.15) is 0 Å². The lowest BCUT2D eigenvalue weighted by Crippen LogP contribution is -2.25. The molecule has 0 aromatic heterocycles. The van der Waals surface area contributed by atoms with E-state index in [-0.39, 0.29) is 6.04 Å². The second kappa shape index (κ2) is 5.32.